The van der Waals surface area contributed by atoms with Crippen molar-refractivity contribution in [1.82, 2.24) is 14.6 Å². The summed E-state index contributed by atoms with van der Waals surface area (Å²) in [6.45, 7) is 2.02. The van der Waals surface area contributed by atoms with Crippen LogP contribution in [0.25, 0.3) is 0 Å². The first-order valence-corrected chi connectivity index (χ1v) is 9.01. The number of nitrogens with two attached hydrogens (primary N) is 1. The third-order valence-corrected chi connectivity index (χ3v) is 6.08. The number of piperidine rings is 1. The van der Waals surface area contributed by atoms with Gasteiger partial charge in [0.05, 0.1) is 5.02 Å². The fourth-order valence-corrected chi connectivity index (χ4v) is 4.74. The number of hydrogen-bond acceptors (Lipinski definition) is 5. The van der Waals surface area contributed by atoms with Crippen LogP contribution in [0.1, 0.15) is 25.7 Å². The maximum absolute atomic E-state index is 12.5. The standard InChI is InChI=1S/C13H19ClN4O2S/c14-10-7-9(8-16-13(10)15)21(19,20)17-11-4-6-18-5-2-1-3-12(11)18/h7-8,11-12,17H,1-6H2,(H2,15,16). The lowest BCUT2D eigenvalue weighted by atomic mass is 10.00. The Kier molecular flexibility index (Phi) is 4.09. The highest BCUT2D eigenvalue weighted by atomic mass is 35.5. The number of aromatic nitrogens is 1. The molecular weight excluding hydrogens is 312 g/mol. The number of pyridine rings is 1. The van der Waals surface area contributed by atoms with Crippen molar-refractivity contribution in [2.24, 2.45) is 0 Å². The second-order valence-electron chi connectivity index (χ2n) is 5.65. The maximum Gasteiger partial charge on any atom is 0.242 e. The largest absolute Gasteiger partial charge is 0.382 e. The minimum absolute atomic E-state index is 0.0355. The number of rotatable bonds is 3. The summed E-state index contributed by atoms with van der Waals surface area (Å²) in [6.07, 6.45) is 5.51. The Bertz CT molecular complexity index is 637. The van der Waals surface area contributed by atoms with Crippen molar-refractivity contribution in [3.05, 3.63) is 17.3 Å². The lowest BCUT2D eigenvalue weighted by Gasteiger charge is -2.32. The highest BCUT2D eigenvalue weighted by molar-refractivity contribution is 7.89. The number of anilines is 1. The van der Waals surface area contributed by atoms with Crippen LogP contribution in [-0.4, -0.2) is 43.5 Å². The average molecular weight is 331 g/mol. The molecule has 6 nitrogen and oxygen atoms in total. The van der Waals surface area contributed by atoms with Crippen LogP contribution >= 0.6 is 11.6 Å². The first-order chi connectivity index (χ1) is 9.97. The summed E-state index contributed by atoms with van der Waals surface area (Å²) < 4.78 is 27.7. The molecule has 0 aliphatic carbocycles. The van der Waals surface area contributed by atoms with E-state index in [9.17, 15) is 8.42 Å². The summed E-state index contributed by atoms with van der Waals surface area (Å²) in [5.74, 6) is 0.134. The third-order valence-electron chi connectivity index (χ3n) is 4.32. The van der Waals surface area contributed by atoms with Crippen molar-refractivity contribution >= 4 is 27.4 Å². The summed E-state index contributed by atoms with van der Waals surface area (Å²) in [6, 6.07) is 1.62. The fourth-order valence-electron chi connectivity index (χ4n) is 3.23. The number of fused-ring (bicyclic) bond motifs is 1. The second-order valence-corrected chi connectivity index (χ2v) is 7.77. The van der Waals surface area contributed by atoms with Crippen LogP contribution in [0.2, 0.25) is 5.02 Å². The molecule has 3 N–H and O–H groups in total. The Hall–Kier alpha value is -0.890. The van der Waals surface area contributed by atoms with Gasteiger partial charge in [0.15, 0.2) is 0 Å². The summed E-state index contributed by atoms with van der Waals surface area (Å²) in [5, 5.41) is 0.156. The summed E-state index contributed by atoms with van der Waals surface area (Å²) in [4.78, 5) is 6.26. The number of sulfonamides is 1. The van der Waals surface area contributed by atoms with E-state index in [2.05, 4.69) is 14.6 Å². The van der Waals surface area contributed by atoms with E-state index in [1.807, 2.05) is 0 Å². The third kappa shape index (κ3) is 3.01. The highest BCUT2D eigenvalue weighted by Gasteiger charge is 2.37. The van der Waals surface area contributed by atoms with Gasteiger partial charge in [0.1, 0.15) is 10.7 Å². The molecule has 0 amide bonds. The topological polar surface area (TPSA) is 88.3 Å². The van der Waals surface area contributed by atoms with Crippen molar-refractivity contribution in [3.63, 3.8) is 0 Å². The molecule has 0 bridgehead atoms. The zero-order valence-corrected chi connectivity index (χ0v) is 13.2. The van der Waals surface area contributed by atoms with Crippen LogP contribution in [0.15, 0.2) is 17.2 Å². The molecule has 0 spiro atoms. The van der Waals surface area contributed by atoms with Gasteiger partial charge in [0.2, 0.25) is 10.0 Å². The van der Waals surface area contributed by atoms with Gasteiger partial charge in [-0.3, -0.25) is 4.90 Å². The second kappa shape index (κ2) is 5.72. The Labute approximate surface area is 129 Å². The normalized spacial score (nSPS) is 26.7. The van der Waals surface area contributed by atoms with Gasteiger partial charge in [-0.1, -0.05) is 18.0 Å². The molecule has 3 heterocycles. The van der Waals surface area contributed by atoms with E-state index in [-0.39, 0.29) is 21.8 Å². The molecule has 8 heteroatoms. The van der Waals surface area contributed by atoms with Crippen LogP contribution in [0.3, 0.4) is 0 Å². The van der Waals surface area contributed by atoms with E-state index in [4.69, 9.17) is 17.3 Å². The molecule has 2 saturated heterocycles. The monoisotopic (exact) mass is 330 g/mol. The molecule has 2 atom stereocenters. The molecule has 0 saturated carbocycles. The highest BCUT2D eigenvalue weighted by Crippen LogP contribution is 2.28. The van der Waals surface area contributed by atoms with E-state index in [0.29, 0.717) is 6.04 Å². The van der Waals surface area contributed by atoms with Gasteiger partial charge in [-0.15, -0.1) is 0 Å². The van der Waals surface area contributed by atoms with Crippen LogP contribution in [0, 0.1) is 0 Å². The van der Waals surface area contributed by atoms with Gasteiger partial charge >= 0.3 is 0 Å². The van der Waals surface area contributed by atoms with E-state index in [0.717, 1.165) is 32.4 Å². The predicted octanol–water partition coefficient (Wildman–Crippen LogP) is 1.22. The van der Waals surface area contributed by atoms with Crippen LogP contribution in [-0.2, 0) is 10.0 Å². The number of halogens is 1. The molecule has 2 aliphatic heterocycles. The quantitative estimate of drug-likeness (QED) is 0.870. The number of nitrogens with zero attached hydrogens (tertiary/aromatic N) is 2. The Morgan fingerprint density at radius 2 is 2.14 bits per heavy atom. The predicted molar refractivity (Wildman–Crippen MR) is 81.6 cm³/mol. The molecule has 1 aromatic rings. The molecule has 1 aromatic heterocycles. The smallest absolute Gasteiger partial charge is 0.242 e. The Balaban J connectivity index is 1.78. The lowest BCUT2D eigenvalue weighted by molar-refractivity contribution is 0.186. The average Bonchev–Trinajstić information content (AvgIpc) is 2.85. The molecule has 116 valence electrons. The van der Waals surface area contributed by atoms with Crippen molar-refractivity contribution in [3.8, 4) is 0 Å². The first kappa shape index (κ1) is 15.0. The van der Waals surface area contributed by atoms with Crippen molar-refractivity contribution in [2.45, 2.75) is 42.7 Å². The number of hydrogen-bond donors (Lipinski definition) is 2. The molecular formula is C13H19ClN4O2S. The molecule has 2 aliphatic rings. The van der Waals surface area contributed by atoms with Gasteiger partial charge in [-0.2, -0.15) is 0 Å². The summed E-state index contributed by atoms with van der Waals surface area (Å²) in [5.41, 5.74) is 5.52. The molecule has 2 fully saturated rings. The van der Waals surface area contributed by atoms with Gasteiger partial charge in [-0.05, 0) is 31.9 Å². The van der Waals surface area contributed by atoms with Gasteiger partial charge < -0.3 is 5.73 Å². The molecule has 0 aromatic carbocycles. The van der Waals surface area contributed by atoms with Crippen LogP contribution in [0.5, 0.6) is 0 Å². The van der Waals surface area contributed by atoms with E-state index >= 15 is 0 Å². The SMILES string of the molecule is Nc1ncc(S(=O)(=O)NC2CCN3CCCCC23)cc1Cl. The van der Waals surface area contributed by atoms with Crippen LogP contribution in [0.4, 0.5) is 5.82 Å². The van der Waals surface area contributed by atoms with Gasteiger partial charge in [0.25, 0.3) is 0 Å². The molecule has 3 rings (SSSR count). The van der Waals surface area contributed by atoms with Crippen molar-refractivity contribution < 1.29 is 8.42 Å². The van der Waals surface area contributed by atoms with Gasteiger partial charge in [0, 0.05) is 24.8 Å². The van der Waals surface area contributed by atoms with Crippen molar-refractivity contribution in [1.29, 1.82) is 0 Å². The fraction of sp³-hybridized carbons (Fsp3) is 0.615. The minimum atomic E-state index is -3.61. The first-order valence-electron chi connectivity index (χ1n) is 7.15. The molecule has 21 heavy (non-hydrogen) atoms. The Morgan fingerprint density at radius 1 is 1.33 bits per heavy atom. The van der Waals surface area contributed by atoms with E-state index in [1.54, 1.807) is 0 Å². The summed E-state index contributed by atoms with van der Waals surface area (Å²) in [7, 11) is -3.61. The zero-order valence-electron chi connectivity index (χ0n) is 11.6. The lowest BCUT2D eigenvalue weighted by Crippen LogP contribution is -2.46. The minimum Gasteiger partial charge on any atom is -0.382 e. The maximum atomic E-state index is 12.5. The van der Waals surface area contributed by atoms with E-state index in [1.165, 1.54) is 18.7 Å². The van der Waals surface area contributed by atoms with Gasteiger partial charge in [-0.25, -0.2) is 18.1 Å². The molecule has 0 radical (unpaired) electrons. The summed E-state index contributed by atoms with van der Waals surface area (Å²) >= 11 is 5.86. The van der Waals surface area contributed by atoms with Crippen molar-refractivity contribution in [2.75, 3.05) is 18.8 Å². The zero-order chi connectivity index (χ0) is 15.0. The molecule has 2 unspecified atom stereocenters. The van der Waals surface area contributed by atoms with Crippen LogP contribution < -0.4 is 10.5 Å². The number of nitrogen functional groups attached to an aromatic ring is 1. The Morgan fingerprint density at radius 3 is 2.90 bits per heavy atom. The number of nitrogens with one attached hydrogen (secondary N) is 1. The van der Waals surface area contributed by atoms with E-state index < -0.39 is 10.0 Å².